The van der Waals surface area contributed by atoms with Gasteiger partial charge in [0.25, 0.3) is 0 Å². The van der Waals surface area contributed by atoms with Crippen LogP contribution in [0.2, 0.25) is 0 Å². The van der Waals surface area contributed by atoms with E-state index in [1.165, 1.54) is 4.31 Å². The Labute approximate surface area is 113 Å². The number of aliphatic carboxylic acids is 1. The van der Waals surface area contributed by atoms with E-state index in [2.05, 4.69) is 0 Å². The summed E-state index contributed by atoms with van der Waals surface area (Å²) in [6, 6.07) is 9.28. The number of benzene rings is 1. The van der Waals surface area contributed by atoms with Crippen LogP contribution in [0.25, 0.3) is 0 Å². The summed E-state index contributed by atoms with van der Waals surface area (Å²) in [7, 11) is -3.53. The van der Waals surface area contributed by atoms with E-state index in [1.54, 1.807) is 0 Å². The van der Waals surface area contributed by atoms with Gasteiger partial charge in [-0.1, -0.05) is 37.3 Å². The van der Waals surface area contributed by atoms with Crippen LogP contribution in [0.5, 0.6) is 0 Å². The molecule has 0 aliphatic heterocycles. The predicted molar refractivity (Wildman–Crippen MR) is 73.2 cm³/mol. The number of hydrogen-bond acceptors (Lipinski definition) is 3. The minimum atomic E-state index is -3.53. The zero-order chi connectivity index (χ0) is 14.3. The number of carboxylic acids is 1. The first-order chi connectivity index (χ1) is 8.95. The fourth-order valence-corrected chi connectivity index (χ4v) is 3.20. The highest BCUT2D eigenvalue weighted by molar-refractivity contribution is 7.89. The van der Waals surface area contributed by atoms with Gasteiger partial charge >= 0.3 is 5.97 Å². The molecule has 0 aliphatic carbocycles. The molecule has 19 heavy (non-hydrogen) atoms. The summed E-state index contributed by atoms with van der Waals surface area (Å²) < 4.78 is 25.5. The zero-order valence-corrected chi connectivity index (χ0v) is 11.8. The van der Waals surface area contributed by atoms with Crippen molar-refractivity contribution in [1.82, 2.24) is 4.31 Å². The number of carboxylic acid groups (broad SMARTS) is 1. The van der Waals surface area contributed by atoms with Gasteiger partial charge in [0.2, 0.25) is 10.0 Å². The van der Waals surface area contributed by atoms with Gasteiger partial charge in [-0.25, -0.2) is 8.42 Å². The molecule has 0 aromatic heterocycles. The van der Waals surface area contributed by atoms with E-state index >= 15 is 0 Å². The molecule has 106 valence electrons. The van der Waals surface area contributed by atoms with Crippen LogP contribution in [-0.4, -0.2) is 36.1 Å². The lowest BCUT2D eigenvalue weighted by atomic mass is 10.2. The average molecular weight is 285 g/mol. The SMILES string of the molecule is CCCN(Cc1ccccc1)S(=O)(=O)CCC(=O)O. The second kappa shape index (κ2) is 7.25. The maximum atomic E-state index is 12.1. The maximum absolute atomic E-state index is 12.1. The molecule has 0 amide bonds. The number of hydrogen-bond donors (Lipinski definition) is 1. The molecule has 0 aliphatic rings. The Morgan fingerprint density at radius 1 is 1.26 bits per heavy atom. The first-order valence-corrected chi connectivity index (χ1v) is 7.80. The minimum Gasteiger partial charge on any atom is -0.481 e. The summed E-state index contributed by atoms with van der Waals surface area (Å²) in [5.74, 6) is -1.45. The molecule has 0 spiro atoms. The molecule has 1 N–H and O–H groups in total. The molecule has 1 aromatic rings. The third-order valence-corrected chi connectivity index (χ3v) is 4.46. The number of nitrogens with zero attached hydrogens (tertiary/aromatic N) is 1. The van der Waals surface area contributed by atoms with Crippen molar-refractivity contribution in [2.75, 3.05) is 12.3 Å². The Bertz CT molecular complexity index is 499. The highest BCUT2D eigenvalue weighted by Gasteiger charge is 2.22. The molecule has 0 heterocycles. The van der Waals surface area contributed by atoms with Crippen LogP contribution < -0.4 is 0 Å². The van der Waals surface area contributed by atoms with Gasteiger partial charge in [0.1, 0.15) is 0 Å². The monoisotopic (exact) mass is 285 g/mol. The molecular weight excluding hydrogens is 266 g/mol. The van der Waals surface area contributed by atoms with Crippen LogP contribution in [0.15, 0.2) is 30.3 Å². The second-order valence-corrected chi connectivity index (χ2v) is 6.37. The highest BCUT2D eigenvalue weighted by atomic mass is 32.2. The summed E-state index contributed by atoms with van der Waals surface area (Å²) in [4.78, 5) is 10.5. The molecule has 0 saturated heterocycles. The molecule has 6 heteroatoms. The lowest BCUT2D eigenvalue weighted by Gasteiger charge is -2.21. The quantitative estimate of drug-likeness (QED) is 0.789. The first-order valence-electron chi connectivity index (χ1n) is 6.19. The highest BCUT2D eigenvalue weighted by Crippen LogP contribution is 2.11. The van der Waals surface area contributed by atoms with E-state index < -0.39 is 16.0 Å². The lowest BCUT2D eigenvalue weighted by Crippen LogP contribution is -2.33. The summed E-state index contributed by atoms with van der Waals surface area (Å²) >= 11 is 0. The molecule has 5 nitrogen and oxygen atoms in total. The normalized spacial score (nSPS) is 11.7. The van der Waals surface area contributed by atoms with Gasteiger partial charge < -0.3 is 5.11 Å². The van der Waals surface area contributed by atoms with Gasteiger partial charge in [-0.15, -0.1) is 0 Å². The second-order valence-electron chi connectivity index (χ2n) is 4.28. The average Bonchev–Trinajstić information content (AvgIpc) is 2.37. The van der Waals surface area contributed by atoms with E-state index in [0.29, 0.717) is 13.0 Å². The van der Waals surface area contributed by atoms with Gasteiger partial charge in [-0.3, -0.25) is 4.79 Å². The molecule has 0 atom stereocenters. The molecule has 1 rings (SSSR count). The van der Waals surface area contributed by atoms with E-state index in [0.717, 1.165) is 5.56 Å². The minimum absolute atomic E-state index is 0.288. The van der Waals surface area contributed by atoms with Crippen molar-refractivity contribution in [2.24, 2.45) is 0 Å². The van der Waals surface area contributed by atoms with Crippen LogP contribution >= 0.6 is 0 Å². The van der Waals surface area contributed by atoms with Gasteiger partial charge in [0.05, 0.1) is 12.2 Å². The van der Waals surface area contributed by atoms with Gasteiger partial charge in [0.15, 0.2) is 0 Å². The van der Waals surface area contributed by atoms with Crippen molar-refractivity contribution in [3.8, 4) is 0 Å². The van der Waals surface area contributed by atoms with Crippen molar-refractivity contribution in [2.45, 2.75) is 26.3 Å². The van der Waals surface area contributed by atoms with Crippen molar-refractivity contribution < 1.29 is 18.3 Å². The van der Waals surface area contributed by atoms with Crippen molar-refractivity contribution >= 4 is 16.0 Å². The fourth-order valence-electron chi connectivity index (χ4n) is 1.70. The van der Waals surface area contributed by atoms with E-state index in [1.807, 2.05) is 37.3 Å². The molecule has 0 radical (unpaired) electrons. The summed E-state index contributed by atoms with van der Waals surface area (Å²) in [6.45, 7) is 2.58. The van der Waals surface area contributed by atoms with Gasteiger partial charge in [-0.05, 0) is 12.0 Å². The first kappa shape index (κ1) is 15.7. The molecular formula is C13H19NO4S. The molecule has 0 saturated carbocycles. The third kappa shape index (κ3) is 5.40. The molecule has 0 unspecified atom stereocenters. The standard InChI is InChI=1S/C13H19NO4S/c1-2-9-14(11-12-6-4-3-5-7-12)19(17,18)10-8-13(15)16/h3-7H,2,8-11H2,1H3,(H,15,16). The maximum Gasteiger partial charge on any atom is 0.304 e. The van der Waals surface area contributed by atoms with E-state index in [4.69, 9.17) is 5.11 Å². The predicted octanol–water partition coefficient (Wildman–Crippen LogP) is 1.70. The Balaban J connectivity index is 2.78. The topological polar surface area (TPSA) is 74.7 Å². The fraction of sp³-hybridized carbons (Fsp3) is 0.462. The largest absolute Gasteiger partial charge is 0.481 e. The Morgan fingerprint density at radius 3 is 2.42 bits per heavy atom. The smallest absolute Gasteiger partial charge is 0.304 e. The van der Waals surface area contributed by atoms with Crippen molar-refractivity contribution in [1.29, 1.82) is 0 Å². The van der Waals surface area contributed by atoms with Crippen LogP contribution in [0.3, 0.4) is 0 Å². The summed E-state index contributed by atoms with van der Waals surface area (Å²) in [6.07, 6.45) is 0.330. The summed E-state index contributed by atoms with van der Waals surface area (Å²) in [5, 5.41) is 8.60. The number of carbonyl (C=O) groups is 1. The Morgan fingerprint density at radius 2 is 1.89 bits per heavy atom. The van der Waals surface area contributed by atoms with Crippen LogP contribution in [0.1, 0.15) is 25.3 Å². The van der Waals surface area contributed by atoms with Crippen LogP contribution in [-0.2, 0) is 21.4 Å². The van der Waals surface area contributed by atoms with E-state index in [-0.39, 0.29) is 18.7 Å². The summed E-state index contributed by atoms with van der Waals surface area (Å²) in [5.41, 5.74) is 0.898. The van der Waals surface area contributed by atoms with Crippen molar-refractivity contribution in [3.05, 3.63) is 35.9 Å². The number of sulfonamides is 1. The number of rotatable bonds is 8. The molecule has 0 fully saturated rings. The van der Waals surface area contributed by atoms with Crippen LogP contribution in [0.4, 0.5) is 0 Å². The van der Waals surface area contributed by atoms with E-state index in [9.17, 15) is 13.2 Å². The Kier molecular flexibility index (Phi) is 5.98. The van der Waals surface area contributed by atoms with Crippen molar-refractivity contribution in [3.63, 3.8) is 0 Å². The third-order valence-electron chi connectivity index (χ3n) is 2.64. The lowest BCUT2D eigenvalue weighted by molar-refractivity contribution is -0.136. The van der Waals surface area contributed by atoms with Gasteiger partial charge in [0, 0.05) is 13.1 Å². The molecule has 0 bridgehead atoms. The molecule has 1 aromatic carbocycles. The van der Waals surface area contributed by atoms with Gasteiger partial charge in [-0.2, -0.15) is 4.31 Å². The van der Waals surface area contributed by atoms with Crippen LogP contribution in [0, 0.1) is 0 Å². The zero-order valence-electron chi connectivity index (χ0n) is 10.9. The Hall–Kier alpha value is -1.40.